The molecule has 2 rings (SSSR count). The monoisotopic (exact) mass is 305 g/mol. The van der Waals surface area contributed by atoms with Crippen LogP contribution in [0.25, 0.3) is 5.70 Å². The van der Waals surface area contributed by atoms with Gasteiger partial charge < -0.3 is 10.0 Å². The summed E-state index contributed by atoms with van der Waals surface area (Å²) in [6, 6.07) is 4.05. The standard InChI is InChI=1S/C13H11FNO.Y/c1-9-4-3-5-13(15(9)2)11-7-6-10(16)8-12(11)14;/h3-4,6-8,16H,1H2,2H3;/q-1;. The molecular formula is C13H11FNOY-. The van der Waals surface area contributed by atoms with Crippen LogP contribution in [0, 0.1) is 11.9 Å². The van der Waals surface area contributed by atoms with Crippen molar-refractivity contribution in [2.24, 2.45) is 0 Å². The minimum atomic E-state index is -0.475. The Labute approximate surface area is 125 Å². The van der Waals surface area contributed by atoms with Crippen molar-refractivity contribution in [2.45, 2.75) is 0 Å². The smallest absolute Gasteiger partial charge is 0.116 e. The number of aromatic hydroxyl groups is 1. The van der Waals surface area contributed by atoms with E-state index < -0.39 is 5.82 Å². The predicted molar refractivity (Wildman–Crippen MR) is 60.8 cm³/mol. The second-order valence-electron chi connectivity index (χ2n) is 3.54. The van der Waals surface area contributed by atoms with E-state index >= 15 is 0 Å². The maximum absolute atomic E-state index is 13.6. The summed E-state index contributed by atoms with van der Waals surface area (Å²) in [5.74, 6) is -0.563. The molecule has 17 heavy (non-hydrogen) atoms. The van der Waals surface area contributed by atoms with Crippen LogP contribution in [0.4, 0.5) is 4.39 Å². The molecule has 1 aromatic rings. The number of phenols is 1. The third-order valence-corrected chi connectivity index (χ3v) is 2.47. The van der Waals surface area contributed by atoms with Gasteiger partial charge in [-0.1, -0.05) is 17.8 Å². The Bertz CT molecular complexity index is 508. The van der Waals surface area contributed by atoms with Crippen molar-refractivity contribution in [2.75, 3.05) is 7.05 Å². The maximum atomic E-state index is 13.6. The van der Waals surface area contributed by atoms with E-state index in [9.17, 15) is 4.39 Å². The molecule has 0 bridgehead atoms. The van der Waals surface area contributed by atoms with E-state index in [-0.39, 0.29) is 38.5 Å². The Morgan fingerprint density at radius 3 is 2.76 bits per heavy atom. The van der Waals surface area contributed by atoms with E-state index in [0.29, 0.717) is 11.3 Å². The molecule has 1 heterocycles. The van der Waals surface area contributed by atoms with Crippen molar-refractivity contribution in [3.63, 3.8) is 0 Å². The van der Waals surface area contributed by atoms with E-state index in [1.807, 2.05) is 0 Å². The first kappa shape index (κ1) is 14.1. The van der Waals surface area contributed by atoms with Crippen LogP contribution in [0.5, 0.6) is 5.75 Å². The summed E-state index contributed by atoms with van der Waals surface area (Å²) in [5.41, 5.74) is 1.76. The van der Waals surface area contributed by atoms with Gasteiger partial charge in [-0.25, -0.2) is 4.39 Å². The largest absolute Gasteiger partial charge is 0.508 e. The van der Waals surface area contributed by atoms with Crippen LogP contribution in [0.3, 0.4) is 0 Å². The molecule has 0 saturated carbocycles. The van der Waals surface area contributed by atoms with Crippen LogP contribution in [0.2, 0.25) is 0 Å². The zero-order valence-corrected chi connectivity index (χ0v) is 12.3. The average molecular weight is 305 g/mol. The predicted octanol–water partition coefficient (Wildman–Crippen LogP) is 2.69. The van der Waals surface area contributed by atoms with E-state index in [1.54, 1.807) is 24.1 Å². The van der Waals surface area contributed by atoms with Crippen molar-refractivity contribution in [3.05, 3.63) is 60.1 Å². The summed E-state index contributed by atoms with van der Waals surface area (Å²) in [5, 5.41) is 9.14. The Morgan fingerprint density at radius 2 is 2.12 bits per heavy atom. The van der Waals surface area contributed by atoms with Gasteiger partial charge in [0, 0.05) is 45.8 Å². The molecule has 0 saturated heterocycles. The molecule has 0 aliphatic carbocycles. The number of nitrogens with zero attached hydrogens (tertiary/aromatic N) is 1. The van der Waals surface area contributed by atoms with Gasteiger partial charge in [0.2, 0.25) is 0 Å². The first-order valence-corrected chi connectivity index (χ1v) is 4.81. The van der Waals surface area contributed by atoms with Gasteiger partial charge in [-0.15, -0.1) is 12.1 Å². The summed E-state index contributed by atoms with van der Waals surface area (Å²) in [6.07, 6.45) is 6.45. The van der Waals surface area contributed by atoms with E-state index in [1.165, 1.54) is 12.1 Å². The minimum absolute atomic E-state index is 0. The van der Waals surface area contributed by atoms with Gasteiger partial charge in [0.05, 0.1) is 5.82 Å². The van der Waals surface area contributed by atoms with Crippen LogP contribution in [0.1, 0.15) is 5.56 Å². The fourth-order valence-corrected chi connectivity index (χ4v) is 1.52. The van der Waals surface area contributed by atoms with Crippen molar-refractivity contribution in [1.82, 2.24) is 4.90 Å². The Morgan fingerprint density at radius 1 is 1.41 bits per heavy atom. The number of hydrogen-bond acceptors (Lipinski definition) is 2. The van der Waals surface area contributed by atoms with Crippen molar-refractivity contribution >= 4 is 5.70 Å². The number of benzene rings is 1. The van der Waals surface area contributed by atoms with E-state index in [0.717, 1.165) is 11.8 Å². The summed E-state index contributed by atoms with van der Waals surface area (Å²) < 4.78 is 13.6. The SMILES string of the molecule is C=C1C=C[C-]=C(c2ccc(O)cc2F)N1C.[Y]. The molecule has 1 aliphatic heterocycles. The molecule has 85 valence electrons. The molecule has 1 N–H and O–H groups in total. The van der Waals surface area contributed by atoms with Gasteiger partial charge >= 0.3 is 0 Å². The molecule has 2 nitrogen and oxygen atoms in total. The minimum Gasteiger partial charge on any atom is -0.508 e. The molecule has 0 unspecified atom stereocenters. The van der Waals surface area contributed by atoms with Crippen molar-refractivity contribution < 1.29 is 42.2 Å². The zero-order chi connectivity index (χ0) is 11.7. The number of hydrogen-bond donors (Lipinski definition) is 1. The summed E-state index contributed by atoms with van der Waals surface area (Å²) >= 11 is 0. The quantitative estimate of drug-likeness (QED) is 0.807. The fraction of sp³-hybridized carbons (Fsp3) is 0.0769. The number of phenolic OH excluding ortho intramolecular Hbond substituents is 1. The van der Waals surface area contributed by atoms with Gasteiger partial charge in [0.15, 0.2) is 0 Å². The third-order valence-electron chi connectivity index (χ3n) is 2.47. The molecule has 1 aromatic carbocycles. The summed E-state index contributed by atoms with van der Waals surface area (Å²) in [4.78, 5) is 1.75. The molecule has 0 fully saturated rings. The number of rotatable bonds is 1. The van der Waals surface area contributed by atoms with Gasteiger partial charge in [-0.05, 0) is 11.8 Å². The molecule has 0 spiro atoms. The van der Waals surface area contributed by atoms with E-state index in [4.69, 9.17) is 5.11 Å². The molecule has 0 amide bonds. The Balaban J connectivity index is 0.00000144. The molecule has 4 heteroatoms. The van der Waals surface area contributed by atoms with Gasteiger partial charge in [-0.2, -0.15) is 12.2 Å². The van der Waals surface area contributed by atoms with Crippen LogP contribution < -0.4 is 0 Å². The van der Waals surface area contributed by atoms with Gasteiger partial charge in [0.1, 0.15) is 5.75 Å². The molecule has 0 atom stereocenters. The zero-order valence-electron chi connectivity index (χ0n) is 9.44. The topological polar surface area (TPSA) is 23.5 Å². The molecular weight excluding hydrogens is 294 g/mol. The first-order chi connectivity index (χ1) is 7.59. The van der Waals surface area contributed by atoms with E-state index in [2.05, 4.69) is 12.7 Å². The number of allylic oxidation sites excluding steroid dienone is 3. The van der Waals surface area contributed by atoms with Gasteiger partial charge in [0.25, 0.3) is 0 Å². The second kappa shape index (κ2) is 5.61. The second-order valence-corrected chi connectivity index (χ2v) is 3.54. The fourth-order valence-electron chi connectivity index (χ4n) is 1.52. The van der Waals surface area contributed by atoms with Crippen LogP contribution in [0.15, 0.2) is 42.6 Å². The molecule has 1 radical (unpaired) electrons. The molecule has 1 aliphatic rings. The average Bonchev–Trinajstić information content (AvgIpc) is 2.23. The number of halogens is 1. The normalized spacial score (nSPS) is 14.4. The first-order valence-electron chi connectivity index (χ1n) is 4.81. The van der Waals surface area contributed by atoms with Crippen molar-refractivity contribution in [3.8, 4) is 5.75 Å². The number of likely N-dealkylation sites (N-methyl/N-ethyl adjacent to an activating group) is 1. The van der Waals surface area contributed by atoms with Crippen LogP contribution in [-0.4, -0.2) is 17.1 Å². The third kappa shape index (κ3) is 2.85. The van der Waals surface area contributed by atoms with Crippen LogP contribution in [-0.2, 0) is 32.7 Å². The van der Waals surface area contributed by atoms with Crippen molar-refractivity contribution in [1.29, 1.82) is 0 Å². The molecule has 0 aromatic heterocycles. The summed E-state index contributed by atoms with van der Waals surface area (Å²) in [7, 11) is 1.79. The Kier molecular flexibility index (Phi) is 4.66. The summed E-state index contributed by atoms with van der Waals surface area (Å²) in [6.45, 7) is 3.82. The maximum Gasteiger partial charge on any atom is 0.116 e. The van der Waals surface area contributed by atoms with Crippen LogP contribution >= 0.6 is 0 Å². The Hall–Kier alpha value is -0.926. The van der Waals surface area contributed by atoms with Gasteiger partial charge in [-0.3, -0.25) is 0 Å².